The molecule has 1 aliphatic heterocycles. The third kappa shape index (κ3) is 3.24. The van der Waals surface area contributed by atoms with Crippen molar-refractivity contribution in [2.75, 3.05) is 19.7 Å². The molecule has 0 amide bonds. The Kier molecular flexibility index (Phi) is 3.52. The highest BCUT2D eigenvalue weighted by Crippen LogP contribution is 2.29. The van der Waals surface area contributed by atoms with Gasteiger partial charge in [-0.15, -0.1) is 0 Å². The lowest BCUT2D eigenvalue weighted by molar-refractivity contribution is 0.299. The number of ether oxygens (including phenoxy) is 1. The molecule has 0 spiro atoms. The molecular weight excluding hydrogens is 224 g/mol. The lowest BCUT2D eigenvalue weighted by Crippen LogP contribution is -2.26. The van der Waals surface area contributed by atoms with Crippen LogP contribution in [0.1, 0.15) is 24.8 Å². The topological polar surface area (TPSA) is 38.5 Å². The van der Waals surface area contributed by atoms with E-state index in [4.69, 9.17) is 10.5 Å². The highest BCUT2D eigenvalue weighted by molar-refractivity contribution is 5.27. The minimum absolute atomic E-state index is 0.367. The summed E-state index contributed by atoms with van der Waals surface area (Å²) in [6.07, 6.45) is 3.81. The lowest BCUT2D eigenvalue weighted by Gasteiger charge is -2.15. The molecule has 3 rings (SSSR count). The third-order valence-corrected chi connectivity index (χ3v) is 3.82. The Bertz CT molecular complexity index is 386. The number of benzene rings is 1. The molecule has 1 aromatic carbocycles. The molecule has 3 heteroatoms. The van der Waals surface area contributed by atoms with Crippen LogP contribution in [0.3, 0.4) is 0 Å². The number of hydrogen-bond acceptors (Lipinski definition) is 3. The summed E-state index contributed by atoms with van der Waals surface area (Å²) in [4.78, 5) is 2.42. The monoisotopic (exact) mass is 246 g/mol. The number of rotatable bonds is 5. The highest BCUT2D eigenvalue weighted by atomic mass is 16.5. The maximum absolute atomic E-state index is 5.91. The first-order valence-electron chi connectivity index (χ1n) is 6.99. The summed E-state index contributed by atoms with van der Waals surface area (Å²) in [6.45, 7) is 4.05. The van der Waals surface area contributed by atoms with Crippen molar-refractivity contribution in [2.24, 2.45) is 11.7 Å². The van der Waals surface area contributed by atoms with E-state index in [1.54, 1.807) is 0 Å². The zero-order valence-corrected chi connectivity index (χ0v) is 10.8. The van der Waals surface area contributed by atoms with Crippen molar-refractivity contribution in [1.82, 2.24) is 4.90 Å². The second-order valence-corrected chi connectivity index (χ2v) is 5.68. The number of nitrogens with two attached hydrogens (primary N) is 1. The zero-order chi connectivity index (χ0) is 12.4. The minimum atomic E-state index is 0.367. The van der Waals surface area contributed by atoms with Gasteiger partial charge in [-0.25, -0.2) is 0 Å². The van der Waals surface area contributed by atoms with Gasteiger partial charge in [0.25, 0.3) is 0 Å². The van der Waals surface area contributed by atoms with Gasteiger partial charge in [-0.3, -0.25) is 4.90 Å². The van der Waals surface area contributed by atoms with Crippen molar-refractivity contribution < 1.29 is 4.74 Å². The van der Waals surface area contributed by atoms with Crippen LogP contribution in [0, 0.1) is 5.92 Å². The van der Waals surface area contributed by atoms with E-state index in [1.165, 1.54) is 18.4 Å². The molecule has 2 fully saturated rings. The molecule has 1 unspecified atom stereocenters. The van der Waals surface area contributed by atoms with E-state index < -0.39 is 0 Å². The summed E-state index contributed by atoms with van der Waals surface area (Å²) in [5, 5.41) is 0. The van der Waals surface area contributed by atoms with Crippen LogP contribution in [0.15, 0.2) is 24.3 Å². The maximum atomic E-state index is 5.91. The first-order valence-corrected chi connectivity index (χ1v) is 6.99. The molecule has 18 heavy (non-hydrogen) atoms. The molecule has 1 aromatic rings. The Hall–Kier alpha value is -1.06. The molecule has 1 atom stereocenters. The second-order valence-electron chi connectivity index (χ2n) is 5.68. The SMILES string of the molecule is NC1CCN(Cc2ccc(OCC3CC3)cc2)C1. The van der Waals surface area contributed by atoms with E-state index in [0.717, 1.165) is 44.3 Å². The van der Waals surface area contributed by atoms with E-state index in [-0.39, 0.29) is 0 Å². The molecule has 2 N–H and O–H groups in total. The molecule has 0 aromatic heterocycles. The van der Waals surface area contributed by atoms with Gasteiger partial charge < -0.3 is 10.5 Å². The van der Waals surface area contributed by atoms with Gasteiger partial charge in [0.15, 0.2) is 0 Å². The standard InChI is InChI=1S/C15H22N2O/c16-14-7-8-17(10-14)9-12-3-5-15(6-4-12)18-11-13-1-2-13/h3-6,13-14H,1-2,7-11,16H2. The normalized spacial score (nSPS) is 24.4. The Balaban J connectivity index is 1.50. The van der Waals surface area contributed by atoms with E-state index in [0.29, 0.717) is 6.04 Å². The van der Waals surface area contributed by atoms with Crippen LogP contribution in [0.4, 0.5) is 0 Å². The van der Waals surface area contributed by atoms with Gasteiger partial charge in [-0.1, -0.05) is 12.1 Å². The maximum Gasteiger partial charge on any atom is 0.119 e. The second kappa shape index (κ2) is 5.29. The van der Waals surface area contributed by atoms with Crippen LogP contribution in [-0.2, 0) is 6.54 Å². The van der Waals surface area contributed by atoms with Crippen LogP contribution in [0.25, 0.3) is 0 Å². The van der Waals surface area contributed by atoms with Crippen LogP contribution in [0.5, 0.6) is 5.75 Å². The van der Waals surface area contributed by atoms with E-state index >= 15 is 0 Å². The Morgan fingerprint density at radius 1 is 1.17 bits per heavy atom. The summed E-state index contributed by atoms with van der Waals surface area (Å²) >= 11 is 0. The van der Waals surface area contributed by atoms with Crippen molar-refractivity contribution in [3.63, 3.8) is 0 Å². The number of hydrogen-bond donors (Lipinski definition) is 1. The molecule has 3 nitrogen and oxygen atoms in total. The summed E-state index contributed by atoms with van der Waals surface area (Å²) in [7, 11) is 0. The molecule has 1 saturated heterocycles. The first kappa shape index (κ1) is 12.0. The Morgan fingerprint density at radius 3 is 2.56 bits per heavy atom. The summed E-state index contributed by atoms with van der Waals surface area (Å²) in [6, 6.07) is 8.89. The number of nitrogens with zero attached hydrogens (tertiary/aromatic N) is 1. The zero-order valence-electron chi connectivity index (χ0n) is 10.8. The van der Waals surface area contributed by atoms with E-state index in [2.05, 4.69) is 29.2 Å². The van der Waals surface area contributed by atoms with Crippen LogP contribution in [-0.4, -0.2) is 30.6 Å². The van der Waals surface area contributed by atoms with Crippen molar-refractivity contribution in [3.8, 4) is 5.75 Å². The van der Waals surface area contributed by atoms with Crippen molar-refractivity contribution in [2.45, 2.75) is 31.8 Å². The van der Waals surface area contributed by atoms with E-state index in [9.17, 15) is 0 Å². The fraction of sp³-hybridized carbons (Fsp3) is 0.600. The Morgan fingerprint density at radius 2 is 1.94 bits per heavy atom. The average Bonchev–Trinajstić information content (AvgIpc) is 3.12. The number of likely N-dealkylation sites (tertiary alicyclic amines) is 1. The van der Waals surface area contributed by atoms with Gasteiger partial charge in [0.05, 0.1) is 6.61 Å². The molecule has 2 aliphatic rings. The van der Waals surface area contributed by atoms with Gasteiger partial charge in [0.2, 0.25) is 0 Å². The predicted molar refractivity (Wildman–Crippen MR) is 72.5 cm³/mol. The van der Waals surface area contributed by atoms with Crippen LogP contribution in [0.2, 0.25) is 0 Å². The molecule has 1 saturated carbocycles. The first-order chi connectivity index (χ1) is 8.79. The molecule has 0 radical (unpaired) electrons. The Labute approximate surface area is 109 Å². The van der Waals surface area contributed by atoms with Gasteiger partial charge in [0.1, 0.15) is 5.75 Å². The predicted octanol–water partition coefficient (Wildman–Crippen LogP) is 2.01. The molecule has 1 heterocycles. The van der Waals surface area contributed by atoms with Gasteiger partial charge in [-0.2, -0.15) is 0 Å². The molecule has 1 aliphatic carbocycles. The van der Waals surface area contributed by atoms with Gasteiger partial charge in [-0.05, 0) is 42.9 Å². The van der Waals surface area contributed by atoms with Crippen LogP contribution >= 0.6 is 0 Å². The minimum Gasteiger partial charge on any atom is -0.493 e. The smallest absolute Gasteiger partial charge is 0.119 e. The summed E-state index contributed by atoms with van der Waals surface area (Å²) in [5.41, 5.74) is 7.26. The molecule has 98 valence electrons. The third-order valence-electron chi connectivity index (χ3n) is 3.82. The average molecular weight is 246 g/mol. The quantitative estimate of drug-likeness (QED) is 0.863. The van der Waals surface area contributed by atoms with Crippen molar-refractivity contribution in [1.29, 1.82) is 0 Å². The fourth-order valence-corrected chi connectivity index (χ4v) is 2.45. The molecule has 0 bridgehead atoms. The van der Waals surface area contributed by atoms with E-state index in [1.807, 2.05) is 0 Å². The van der Waals surface area contributed by atoms with Crippen LogP contribution < -0.4 is 10.5 Å². The highest BCUT2D eigenvalue weighted by Gasteiger charge is 2.22. The lowest BCUT2D eigenvalue weighted by atomic mass is 10.2. The van der Waals surface area contributed by atoms with Gasteiger partial charge in [0, 0.05) is 25.7 Å². The largest absolute Gasteiger partial charge is 0.493 e. The fourth-order valence-electron chi connectivity index (χ4n) is 2.45. The molecular formula is C15H22N2O. The summed E-state index contributed by atoms with van der Waals surface area (Å²) < 4.78 is 5.74. The summed E-state index contributed by atoms with van der Waals surface area (Å²) in [5.74, 6) is 1.82. The van der Waals surface area contributed by atoms with Crippen molar-refractivity contribution >= 4 is 0 Å². The van der Waals surface area contributed by atoms with Gasteiger partial charge >= 0.3 is 0 Å². The van der Waals surface area contributed by atoms with Crippen molar-refractivity contribution in [3.05, 3.63) is 29.8 Å².